The molecule has 4 aromatic carbocycles. The van der Waals surface area contributed by atoms with Crippen molar-refractivity contribution in [2.24, 2.45) is 0 Å². The predicted molar refractivity (Wildman–Crippen MR) is 253 cm³/mol. The van der Waals surface area contributed by atoms with Gasteiger partial charge < -0.3 is 28.4 Å². The molecule has 4 aromatic rings. The summed E-state index contributed by atoms with van der Waals surface area (Å²) in [6, 6.07) is 17.9. The van der Waals surface area contributed by atoms with Crippen molar-refractivity contribution in [2.45, 2.75) is 20.8 Å². The molecule has 0 heterocycles. The number of ether oxygens (including phenoxy) is 6. The van der Waals surface area contributed by atoms with Gasteiger partial charge in [0.1, 0.15) is 17.4 Å². The van der Waals surface area contributed by atoms with Crippen molar-refractivity contribution in [3.63, 3.8) is 0 Å². The second-order valence-electron chi connectivity index (χ2n) is 13.9. The Morgan fingerprint density at radius 1 is 0.594 bits per heavy atom. The van der Waals surface area contributed by atoms with Crippen LogP contribution < -0.4 is 14.2 Å². The summed E-state index contributed by atoms with van der Waals surface area (Å²) < 4.78 is 74.7. The highest BCUT2D eigenvalue weighted by molar-refractivity contribution is 5.92. The van der Waals surface area contributed by atoms with Gasteiger partial charge in [-0.05, 0) is 96.5 Å². The first kappa shape index (κ1) is 52.0. The Morgan fingerprint density at radius 3 is 1.71 bits per heavy atom. The molecule has 346 valence electrons. The molecule has 0 amide bonds. The van der Waals surface area contributed by atoms with E-state index < -0.39 is 69.9 Å². The van der Waals surface area contributed by atoms with Gasteiger partial charge in [-0.1, -0.05) is 99.0 Å². The number of carbonyl (C=O) groups excluding carboxylic acids is 5. The topological polar surface area (TPSA) is 141 Å². The van der Waals surface area contributed by atoms with Gasteiger partial charge in [0.2, 0.25) is 11.7 Å². The van der Waals surface area contributed by atoms with Gasteiger partial charge in [-0.2, -0.15) is 8.78 Å². The van der Waals surface area contributed by atoms with E-state index in [0.717, 1.165) is 36.7 Å². The van der Waals surface area contributed by atoms with E-state index in [0.29, 0.717) is 27.8 Å². The summed E-state index contributed by atoms with van der Waals surface area (Å²) in [4.78, 5) is 60.4. The fraction of sp³-hybridized carbons (Fsp3) is 0.0727. The summed E-state index contributed by atoms with van der Waals surface area (Å²) >= 11 is 0. The zero-order chi connectivity index (χ0) is 50.8. The minimum absolute atomic E-state index is 0.0666. The lowest BCUT2D eigenvalue weighted by atomic mass is 9.95. The number of hydrogen-bond donors (Lipinski definition) is 0. The van der Waals surface area contributed by atoms with Gasteiger partial charge in [0.05, 0.1) is 36.3 Å². The predicted octanol–water partition coefficient (Wildman–Crippen LogP) is 10.2. The van der Waals surface area contributed by atoms with E-state index in [1.54, 1.807) is 61.5 Å². The van der Waals surface area contributed by atoms with Crippen LogP contribution in [0.1, 0.15) is 70.8 Å². The molecule has 0 radical (unpaired) electrons. The first-order valence-electron chi connectivity index (χ1n) is 19.9. The summed E-state index contributed by atoms with van der Waals surface area (Å²) in [5.74, 6) is 2.98. The fourth-order valence-corrected chi connectivity index (χ4v) is 5.46. The van der Waals surface area contributed by atoms with Gasteiger partial charge in [-0.25, -0.2) is 28.4 Å². The van der Waals surface area contributed by atoms with Crippen LogP contribution in [0.15, 0.2) is 142 Å². The number of hydrogen-bond acceptors (Lipinski definition) is 11. The van der Waals surface area contributed by atoms with Gasteiger partial charge in [0.25, 0.3) is 0 Å². The van der Waals surface area contributed by atoms with Gasteiger partial charge in [-0.15, -0.1) is 0 Å². The van der Waals surface area contributed by atoms with Crippen LogP contribution >= 0.6 is 0 Å². The van der Waals surface area contributed by atoms with Crippen molar-refractivity contribution in [1.29, 1.82) is 0 Å². The fourth-order valence-electron chi connectivity index (χ4n) is 5.46. The molecule has 0 fully saturated rings. The third kappa shape index (κ3) is 14.5. The first-order valence-corrected chi connectivity index (χ1v) is 19.9. The molecule has 0 aliphatic heterocycles. The molecule has 69 heavy (non-hydrogen) atoms. The Labute approximate surface area is 395 Å². The van der Waals surface area contributed by atoms with Gasteiger partial charge in [0.15, 0.2) is 17.3 Å². The maximum atomic E-state index is 16.8. The van der Waals surface area contributed by atoms with Crippen LogP contribution in [0.5, 0.6) is 17.2 Å². The number of allylic oxidation sites excluding steroid dienone is 2. The molecule has 11 nitrogen and oxygen atoms in total. The smallest absolute Gasteiger partial charge is 0.371 e. The number of rotatable bonds is 14. The van der Waals surface area contributed by atoms with Gasteiger partial charge in [0, 0.05) is 23.3 Å². The molecule has 0 atom stereocenters. The standard InChI is InChI=1S/C55H39F3O11/c1-10-48(59)65-31-28-45-44(50(58)52(64-9)46(51(45)69-49(60)11-2)24-18-38-12-14-39(15-13-38)26-29-66-53(61)33(3)4)25-23-42-21-22-43(32-47(42)68-55(63)37(8)57)35(6)34(5)41-19-16-40(17-20-41)27-30-67-54(62)36(7)56/h10-17,19-22,26-27,29-30,32H,1-3,7-8H2,4-6,9H3/b29-26+,30-27+,35-34+. The van der Waals surface area contributed by atoms with Crippen LogP contribution in [-0.4, -0.2) is 37.0 Å². The average molecular weight is 933 g/mol. The summed E-state index contributed by atoms with van der Waals surface area (Å²) in [6.45, 7) is 21.2. The normalized spacial score (nSPS) is 10.6. The largest absolute Gasteiger partial charge is 0.492 e. The number of methoxy groups -OCH3 is 1. The van der Waals surface area contributed by atoms with E-state index >= 15 is 4.39 Å². The molecule has 0 bridgehead atoms. The van der Waals surface area contributed by atoms with Crippen molar-refractivity contribution < 1.29 is 65.6 Å². The Bertz CT molecular complexity index is 3100. The molecule has 14 heteroatoms. The van der Waals surface area contributed by atoms with E-state index in [4.69, 9.17) is 23.7 Å². The number of benzene rings is 4. The highest BCUT2D eigenvalue weighted by Gasteiger charge is 2.26. The number of esters is 5. The molecule has 4 rings (SSSR count). The number of halogens is 3. The van der Waals surface area contributed by atoms with Crippen molar-refractivity contribution in [3.8, 4) is 53.0 Å². The van der Waals surface area contributed by atoms with Crippen molar-refractivity contribution in [3.05, 3.63) is 197 Å². The Hall–Kier alpha value is -9.58. The lowest BCUT2D eigenvalue weighted by Gasteiger charge is -2.15. The third-order valence-corrected chi connectivity index (χ3v) is 9.17. The second-order valence-corrected chi connectivity index (χ2v) is 13.9. The van der Waals surface area contributed by atoms with E-state index in [1.807, 2.05) is 6.92 Å². The lowest BCUT2D eigenvalue weighted by molar-refractivity contribution is -0.135. The van der Waals surface area contributed by atoms with Gasteiger partial charge in [-0.3, -0.25) is 0 Å². The molecular formula is C55H39F3O11. The molecule has 0 spiro atoms. The van der Waals surface area contributed by atoms with Crippen LogP contribution in [0, 0.1) is 41.5 Å². The first-order chi connectivity index (χ1) is 32.9. The third-order valence-electron chi connectivity index (χ3n) is 9.17. The maximum Gasteiger partial charge on any atom is 0.371 e. The zero-order valence-electron chi connectivity index (χ0n) is 37.5. The van der Waals surface area contributed by atoms with E-state index in [1.165, 1.54) is 37.5 Å². The lowest BCUT2D eigenvalue weighted by Crippen LogP contribution is -2.10. The van der Waals surface area contributed by atoms with Gasteiger partial charge >= 0.3 is 29.8 Å². The molecule has 0 saturated carbocycles. The van der Waals surface area contributed by atoms with Crippen molar-refractivity contribution >= 4 is 53.1 Å². The minimum atomic E-state index is -1.45. The summed E-state index contributed by atoms with van der Waals surface area (Å²) in [5.41, 5.74) is 3.13. The molecule has 0 aliphatic carbocycles. The van der Waals surface area contributed by atoms with E-state index in [9.17, 15) is 32.8 Å². The van der Waals surface area contributed by atoms with Crippen LogP contribution in [-0.2, 0) is 38.2 Å². The summed E-state index contributed by atoms with van der Waals surface area (Å²) in [5, 5.41) is 0. The molecule has 0 N–H and O–H groups in total. The average Bonchev–Trinajstić information content (AvgIpc) is 3.33. The molecule has 0 aromatic heterocycles. The summed E-state index contributed by atoms with van der Waals surface area (Å²) in [7, 11) is 1.12. The van der Waals surface area contributed by atoms with Crippen LogP contribution in [0.4, 0.5) is 13.2 Å². The summed E-state index contributed by atoms with van der Waals surface area (Å²) in [6.07, 6.45) is 8.94. The second kappa shape index (κ2) is 24.6. The van der Waals surface area contributed by atoms with Crippen LogP contribution in [0.25, 0.3) is 23.3 Å². The molecule has 0 saturated heterocycles. The molecule has 0 unspecified atom stereocenters. The molecular weight excluding hydrogens is 894 g/mol. The Balaban J connectivity index is 1.89. The number of carbonyl (C=O) groups is 5. The van der Waals surface area contributed by atoms with E-state index in [2.05, 4.69) is 73.3 Å². The quantitative estimate of drug-likeness (QED) is 0.0227. The highest BCUT2D eigenvalue weighted by atomic mass is 19.1. The van der Waals surface area contributed by atoms with E-state index in [-0.39, 0.29) is 22.4 Å². The van der Waals surface area contributed by atoms with Crippen LogP contribution in [0.2, 0.25) is 0 Å². The zero-order valence-corrected chi connectivity index (χ0v) is 37.5. The maximum absolute atomic E-state index is 16.8. The van der Waals surface area contributed by atoms with Crippen LogP contribution in [0.3, 0.4) is 0 Å². The Morgan fingerprint density at radius 2 is 1.14 bits per heavy atom. The SMILES string of the molecule is C=CC(=O)OC#Cc1c(C#Cc2ccc(/C(C)=C(\C)c3ccc(/C=C/OC(=O)C(=C)F)cc3)cc2OC(=O)C(=C)F)c(F)c(OC)c(C#Cc2ccc(/C=C/OC(=O)C(=C)C)cc2)c1OC(=O)C=C. The minimum Gasteiger partial charge on any atom is -0.492 e. The Kier molecular flexibility index (Phi) is 18.6. The molecule has 0 aliphatic rings. The monoisotopic (exact) mass is 932 g/mol. The van der Waals surface area contributed by atoms with Crippen molar-refractivity contribution in [1.82, 2.24) is 0 Å². The van der Waals surface area contributed by atoms with Crippen molar-refractivity contribution in [2.75, 3.05) is 7.11 Å². The highest BCUT2D eigenvalue weighted by Crippen LogP contribution is 2.38.